The van der Waals surface area contributed by atoms with Gasteiger partial charge in [-0.2, -0.15) is 0 Å². The van der Waals surface area contributed by atoms with Crippen LogP contribution in [0.3, 0.4) is 0 Å². The maximum absolute atomic E-state index is 14.0. The van der Waals surface area contributed by atoms with E-state index in [2.05, 4.69) is 0 Å². The third-order valence-corrected chi connectivity index (χ3v) is 3.89. The Morgan fingerprint density at radius 2 is 1.75 bits per heavy atom. The molecule has 1 aromatic carbocycles. The van der Waals surface area contributed by atoms with Crippen molar-refractivity contribution in [3.63, 3.8) is 0 Å². The summed E-state index contributed by atoms with van der Waals surface area (Å²) in [5, 5.41) is 0. The molecule has 0 aliphatic carbocycles. The smallest absolute Gasteiger partial charge is 0.491 e. The molecule has 0 radical (unpaired) electrons. The van der Waals surface area contributed by atoms with Crippen molar-refractivity contribution < 1.29 is 18.4 Å². The number of hydrogen-bond donors (Lipinski definition) is 1. The summed E-state index contributed by atoms with van der Waals surface area (Å²) in [5.74, 6) is -0.364. The van der Waals surface area contributed by atoms with Gasteiger partial charge in [-0.25, -0.2) is 4.39 Å². The average Bonchev–Trinajstić information content (AvgIpc) is 2.51. The molecular formula is C14H21BFNO3. The van der Waals surface area contributed by atoms with Gasteiger partial charge in [-0.15, -0.1) is 0 Å². The van der Waals surface area contributed by atoms with Crippen LogP contribution in [0.4, 0.5) is 10.1 Å². The van der Waals surface area contributed by atoms with Crippen LogP contribution in [-0.2, 0) is 9.31 Å². The zero-order valence-corrected chi connectivity index (χ0v) is 12.6. The molecule has 0 atom stereocenters. The number of rotatable bonds is 3. The average molecular weight is 281 g/mol. The first-order valence-corrected chi connectivity index (χ1v) is 6.75. The molecule has 1 aliphatic rings. The lowest BCUT2D eigenvalue weighted by Crippen LogP contribution is -2.41. The Morgan fingerprint density at radius 3 is 2.25 bits per heavy atom. The second-order valence-corrected chi connectivity index (χ2v) is 5.94. The predicted molar refractivity (Wildman–Crippen MR) is 77.7 cm³/mol. The van der Waals surface area contributed by atoms with E-state index in [1.54, 1.807) is 13.0 Å². The molecule has 4 nitrogen and oxygen atoms in total. The van der Waals surface area contributed by atoms with E-state index in [0.29, 0.717) is 17.8 Å². The van der Waals surface area contributed by atoms with Gasteiger partial charge in [0.2, 0.25) is 0 Å². The summed E-state index contributed by atoms with van der Waals surface area (Å²) >= 11 is 0. The van der Waals surface area contributed by atoms with Crippen LogP contribution in [0.1, 0.15) is 34.6 Å². The van der Waals surface area contributed by atoms with Crippen LogP contribution in [-0.4, -0.2) is 24.9 Å². The van der Waals surface area contributed by atoms with Crippen molar-refractivity contribution in [3.05, 3.63) is 17.9 Å². The lowest BCUT2D eigenvalue weighted by Gasteiger charge is -2.32. The number of nitrogens with two attached hydrogens (primary N) is 1. The van der Waals surface area contributed by atoms with Gasteiger partial charge in [-0.3, -0.25) is 0 Å². The normalized spacial score (nSPS) is 20.2. The molecule has 0 unspecified atom stereocenters. The Balaban J connectivity index is 2.44. The summed E-state index contributed by atoms with van der Waals surface area (Å²) in [6, 6.07) is 2.87. The lowest BCUT2D eigenvalue weighted by atomic mass is 9.78. The van der Waals surface area contributed by atoms with Crippen LogP contribution in [0, 0.1) is 5.82 Å². The van der Waals surface area contributed by atoms with Crippen molar-refractivity contribution in [1.29, 1.82) is 0 Å². The van der Waals surface area contributed by atoms with E-state index in [-0.39, 0.29) is 5.75 Å². The summed E-state index contributed by atoms with van der Waals surface area (Å²) in [6.07, 6.45) is 0. The molecule has 20 heavy (non-hydrogen) atoms. The Labute approximate surface area is 119 Å². The highest BCUT2D eigenvalue weighted by molar-refractivity contribution is 6.63. The Kier molecular flexibility index (Phi) is 3.73. The van der Waals surface area contributed by atoms with Crippen molar-refractivity contribution >= 4 is 18.3 Å². The van der Waals surface area contributed by atoms with Crippen molar-refractivity contribution in [2.75, 3.05) is 12.3 Å². The van der Waals surface area contributed by atoms with Gasteiger partial charge in [-0.1, -0.05) is 0 Å². The molecule has 1 saturated heterocycles. The first-order chi connectivity index (χ1) is 9.18. The summed E-state index contributed by atoms with van der Waals surface area (Å²) in [4.78, 5) is 0. The second-order valence-electron chi connectivity index (χ2n) is 5.94. The molecule has 2 N–H and O–H groups in total. The minimum absolute atomic E-state index is 0.139. The zero-order valence-electron chi connectivity index (χ0n) is 12.6. The fourth-order valence-corrected chi connectivity index (χ4v) is 2.08. The van der Waals surface area contributed by atoms with Crippen LogP contribution in [0.15, 0.2) is 12.1 Å². The second kappa shape index (κ2) is 4.93. The first kappa shape index (κ1) is 15.1. The standard InChI is InChI=1S/C14H21BFNO3/c1-6-18-12-10(7-9(17)8-11(12)16)15-19-13(2,3)14(4,5)20-15/h7-8H,6,17H2,1-5H3. The SMILES string of the molecule is CCOc1c(F)cc(N)cc1B1OC(C)(C)C(C)(C)O1. The van der Waals surface area contributed by atoms with Crippen LogP contribution < -0.4 is 15.9 Å². The summed E-state index contributed by atoms with van der Waals surface area (Å²) in [6.45, 7) is 9.91. The molecule has 110 valence electrons. The fourth-order valence-electron chi connectivity index (χ4n) is 2.08. The highest BCUT2D eigenvalue weighted by Crippen LogP contribution is 2.37. The van der Waals surface area contributed by atoms with Gasteiger partial charge in [0.05, 0.1) is 17.8 Å². The summed E-state index contributed by atoms with van der Waals surface area (Å²) < 4.78 is 31.2. The van der Waals surface area contributed by atoms with E-state index in [9.17, 15) is 4.39 Å². The number of nitrogen functional groups attached to an aromatic ring is 1. The first-order valence-electron chi connectivity index (χ1n) is 6.75. The van der Waals surface area contributed by atoms with Crippen molar-refractivity contribution in [3.8, 4) is 5.75 Å². The van der Waals surface area contributed by atoms with E-state index in [0.717, 1.165) is 0 Å². The molecule has 1 aliphatic heterocycles. The fraction of sp³-hybridized carbons (Fsp3) is 0.571. The maximum atomic E-state index is 14.0. The van der Waals surface area contributed by atoms with E-state index >= 15 is 0 Å². The van der Waals surface area contributed by atoms with Gasteiger partial charge in [0.25, 0.3) is 0 Å². The van der Waals surface area contributed by atoms with Crippen molar-refractivity contribution in [2.24, 2.45) is 0 Å². The highest BCUT2D eigenvalue weighted by atomic mass is 19.1. The number of anilines is 1. The Morgan fingerprint density at radius 1 is 1.20 bits per heavy atom. The van der Waals surface area contributed by atoms with Gasteiger partial charge < -0.3 is 19.8 Å². The third-order valence-electron chi connectivity index (χ3n) is 3.89. The molecule has 0 aromatic heterocycles. The molecule has 0 bridgehead atoms. The van der Waals surface area contributed by atoms with Crippen LogP contribution in [0.2, 0.25) is 0 Å². The Hall–Kier alpha value is -1.27. The molecule has 6 heteroatoms. The van der Waals surface area contributed by atoms with E-state index in [4.69, 9.17) is 19.8 Å². The quantitative estimate of drug-likeness (QED) is 0.681. The van der Waals surface area contributed by atoms with E-state index in [1.165, 1.54) is 6.07 Å². The molecule has 1 heterocycles. The van der Waals surface area contributed by atoms with E-state index in [1.807, 2.05) is 27.7 Å². The third kappa shape index (κ3) is 2.50. The van der Waals surface area contributed by atoms with Crippen LogP contribution >= 0.6 is 0 Å². The van der Waals surface area contributed by atoms with Crippen molar-refractivity contribution in [1.82, 2.24) is 0 Å². The minimum Gasteiger partial charge on any atom is -0.491 e. The number of hydrogen-bond acceptors (Lipinski definition) is 4. The Bertz CT molecular complexity index is 503. The summed E-state index contributed by atoms with van der Waals surface area (Å²) in [5.41, 5.74) is 5.53. The zero-order chi connectivity index (χ0) is 15.1. The number of halogens is 1. The van der Waals surface area contributed by atoms with Gasteiger partial charge in [0.1, 0.15) is 0 Å². The van der Waals surface area contributed by atoms with Crippen LogP contribution in [0.25, 0.3) is 0 Å². The van der Waals surface area contributed by atoms with Gasteiger partial charge in [0.15, 0.2) is 11.6 Å². The highest BCUT2D eigenvalue weighted by Gasteiger charge is 2.52. The molecule has 2 rings (SSSR count). The molecule has 0 saturated carbocycles. The number of ether oxygens (including phenoxy) is 1. The largest absolute Gasteiger partial charge is 0.498 e. The molecule has 0 spiro atoms. The van der Waals surface area contributed by atoms with Gasteiger partial charge in [-0.05, 0) is 40.7 Å². The predicted octanol–water partition coefficient (Wildman–Crippen LogP) is 2.11. The topological polar surface area (TPSA) is 53.7 Å². The molecule has 1 fully saturated rings. The van der Waals surface area contributed by atoms with E-state index < -0.39 is 24.1 Å². The van der Waals surface area contributed by atoms with Gasteiger partial charge >= 0.3 is 7.12 Å². The molecule has 0 amide bonds. The number of benzene rings is 1. The van der Waals surface area contributed by atoms with Gasteiger partial charge in [0, 0.05) is 17.2 Å². The molecule has 1 aromatic rings. The minimum atomic E-state index is -0.695. The molecular weight excluding hydrogens is 260 g/mol. The maximum Gasteiger partial charge on any atom is 0.498 e. The monoisotopic (exact) mass is 281 g/mol. The lowest BCUT2D eigenvalue weighted by molar-refractivity contribution is 0.00578. The summed E-state index contributed by atoms with van der Waals surface area (Å²) in [7, 11) is -0.695. The van der Waals surface area contributed by atoms with Crippen molar-refractivity contribution in [2.45, 2.75) is 45.8 Å². The van der Waals surface area contributed by atoms with Crippen LogP contribution in [0.5, 0.6) is 5.75 Å².